The largest absolute Gasteiger partial charge is 0.456 e. The van der Waals surface area contributed by atoms with Crippen LogP contribution in [0, 0.1) is 13.8 Å². The standard InChI is InChI=1S/C80H86N4O10/c1-11-18-42-81(43-19-12-2)58-38-40-64-72(48-58)91-70-46-52(8)68(50-66(70)79(64)62-28-24-22-26-60(62)74(85)93-79)83(76(87)89-16-6)56-34-30-54(31-35-56)78(10,15-5)55-32-36-57(37-33-55)84(77(88)90-17-7)69-51-67-71(47-53(69)9)92-73-49-59(82(44-20-13-3)45-21-14-4)39-41-65(73)80(67)63-29-25-23-27-61(63)75(86)94-80/h22-41,46-51H,11-21,42-45H2,1-10H3. The Hall–Kier alpha value is -9.56. The Morgan fingerprint density at radius 2 is 0.777 bits per heavy atom. The zero-order chi connectivity index (χ0) is 66.1. The first-order chi connectivity index (χ1) is 45.6. The number of nitrogens with zero attached hydrogens (tertiary/aromatic N) is 4. The number of amides is 2. The predicted octanol–water partition coefficient (Wildman–Crippen LogP) is 19.6. The van der Waals surface area contributed by atoms with Crippen molar-refractivity contribution < 1.29 is 47.6 Å². The van der Waals surface area contributed by atoms with E-state index in [4.69, 9.17) is 28.4 Å². The Morgan fingerprint density at radius 3 is 1.13 bits per heavy atom. The van der Waals surface area contributed by atoms with E-state index in [-0.39, 0.29) is 13.2 Å². The topological polar surface area (TPSA) is 137 Å². The lowest BCUT2D eigenvalue weighted by molar-refractivity contribution is 0.0214. The van der Waals surface area contributed by atoms with E-state index in [2.05, 4.69) is 75.6 Å². The lowest BCUT2D eigenvalue weighted by atomic mass is 9.74. The maximum atomic E-state index is 14.6. The molecule has 0 bridgehead atoms. The maximum absolute atomic E-state index is 14.6. The van der Waals surface area contributed by atoms with Gasteiger partial charge in [-0.3, -0.25) is 0 Å². The van der Waals surface area contributed by atoms with Crippen LogP contribution in [-0.4, -0.2) is 63.5 Å². The molecule has 8 aromatic carbocycles. The van der Waals surface area contributed by atoms with Crippen molar-refractivity contribution in [1.29, 1.82) is 0 Å². The number of carbonyl (C=O) groups excluding carboxylic acids is 4. The third-order valence-electron chi connectivity index (χ3n) is 19.5. The van der Waals surface area contributed by atoms with E-state index in [9.17, 15) is 19.2 Å². The fraction of sp³-hybridized carbons (Fsp3) is 0.350. The predicted molar refractivity (Wildman–Crippen MR) is 371 cm³/mol. The molecule has 486 valence electrons. The van der Waals surface area contributed by atoms with E-state index in [1.54, 1.807) is 35.8 Å². The summed E-state index contributed by atoms with van der Waals surface area (Å²) in [6, 6.07) is 51.1. The average molecular weight is 1260 g/mol. The SMILES string of the molecule is CCCCN(CCCC)c1ccc2c(c1)Oc1cc(C)c(N(C(=O)OCC)c3ccc(C(C)(CC)c4ccc(N(C(=O)OCC)c5cc6c(cc5C)Oc5cc(N(CCCC)CCCC)ccc5C65OC(=O)c6ccccc65)cc4)cc3)cc1C21OC(=O)c2ccccc21. The molecule has 14 nitrogen and oxygen atoms in total. The average Bonchev–Trinajstić information content (AvgIpc) is 1.44. The first-order valence-corrected chi connectivity index (χ1v) is 33.9. The first kappa shape index (κ1) is 64.5. The smallest absolute Gasteiger partial charge is 0.418 e. The number of hydrogen-bond acceptors (Lipinski definition) is 12. The molecule has 0 radical (unpaired) electrons. The van der Waals surface area contributed by atoms with Gasteiger partial charge in [-0.2, -0.15) is 0 Å². The Bertz CT molecular complexity index is 3900. The van der Waals surface area contributed by atoms with Crippen LogP contribution < -0.4 is 29.1 Å². The second-order valence-corrected chi connectivity index (χ2v) is 25.3. The monoisotopic (exact) mass is 1260 g/mol. The summed E-state index contributed by atoms with van der Waals surface area (Å²) < 4.78 is 38.9. The second-order valence-electron chi connectivity index (χ2n) is 25.3. The molecule has 0 N–H and O–H groups in total. The molecule has 0 aromatic heterocycles. The van der Waals surface area contributed by atoms with Crippen molar-refractivity contribution in [2.75, 3.05) is 59.0 Å². The molecule has 14 heteroatoms. The van der Waals surface area contributed by atoms with Gasteiger partial charge in [0.1, 0.15) is 23.0 Å². The molecule has 2 atom stereocenters. The van der Waals surface area contributed by atoms with Crippen molar-refractivity contribution >= 4 is 58.2 Å². The number of unbranched alkanes of at least 4 members (excludes halogenated alkanes) is 4. The van der Waals surface area contributed by atoms with E-state index < -0.39 is 40.7 Å². The Morgan fingerprint density at radius 1 is 0.426 bits per heavy atom. The number of rotatable bonds is 23. The zero-order valence-corrected chi connectivity index (χ0v) is 56.0. The molecule has 0 saturated carbocycles. The number of fused-ring (bicyclic) bond motifs is 12. The Balaban J connectivity index is 0.888. The van der Waals surface area contributed by atoms with E-state index >= 15 is 0 Å². The minimum Gasteiger partial charge on any atom is -0.456 e. The molecule has 94 heavy (non-hydrogen) atoms. The second kappa shape index (κ2) is 26.8. The number of carbonyl (C=O) groups is 4. The van der Waals surface area contributed by atoms with Crippen molar-refractivity contribution in [3.63, 3.8) is 0 Å². The maximum Gasteiger partial charge on any atom is 0.418 e. The van der Waals surface area contributed by atoms with Crippen LogP contribution >= 0.6 is 0 Å². The molecule has 2 unspecified atom stereocenters. The van der Waals surface area contributed by atoms with Crippen molar-refractivity contribution in [3.8, 4) is 23.0 Å². The third kappa shape index (κ3) is 11.2. The van der Waals surface area contributed by atoms with Gasteiger partial charge in [-0.05, 0) is 167 Å². The summed E-state index contributed by atoms with van der Waals surface area (Å²) >= 11 is 0. The highest BCUT2D eigenvalue weighted by molar-refractivity contribution is 6.01. The Labute approximate surface area is 553 Å². The molecule has 0 saturated heterocycles. The number of aryl methyl sites for hydroxylation is 2. The minimum absolute atomic E-state index is 0.133. The fourth-order valence-corrected chi connectivity index (χ4v) is 14.2. The summed E-state index contributed by atoms with van der Waals surface area (Å²) in [6.07, 6.45) is 8.04. The van der Waals surface area contributed by atoms with Gasteiger partial charge in [0.15, 0.2) is 11.2 Å². The summed E-state index contributed by atoms with van der Waals surface area (Å²) in [5.41, 5.74) is 9.33. The summed E-state index contributed by atoms with van der Waals surface area (Å²) in [7, 11) is 0. The van der Waals surface area contributed by atoms with Gasteiger partial charge >= 0.3 is 24.1 Å². The van der Waals surface area contributed by atoms with E-state index in [1.165, 1.54) is 0 Å². The van der Waals surface area contributed by atoms with Crippen LogP contribution in [0.25, 0.3) is 0 Å². The molecule has 0 fully saturated rings. The van der Waals surface area contributed by atoms with Gasteiger partial charge in [-0.1, -0.05) is 128 Å². The molecule has 4 heterocycles. The lowest BCUT2D eigenvalue weighted by Gasteiger charge is -2.38. The molecule has 0 aliphatic carbocycles. The van der Waals surface area contributed by atoms with Gasteiger partial charge in [-0.15, -0.1) is 0 Å². The molecule has 8 aromatic rings. The van der Waals surface area contributed by atoms with Gasteiger partial charge in [0.25, 0.3) is 0 Å². The summed E-state index contributed by atoms with van der Waals surface area (Å²) in [5, 5.41) is 0. The molecule has 4 aliphatic rings. The van der Waals surface area contributed by atoms with Crippen molar-refractivity contribution in [3.05, 3.63) is 224 Å². The minimum atomic E-state index is -1.39. The van der Waals surface area contributed by atoms with Crippen LogP contribution in [0.5, 0.6) is 23.0 Å². The van der Waals surface area contributed by atoms with Crippen LogP contribution in [-0.2, 0) is 35.6 Å². The van der Waals surface area contributed by atoms with E-state index in [0.29, 0.717) is 96.7 Å². The molecular formula is C80H86N4O10. The molecule has 4 aliphatic heterocycles. The van der Waals surface area contributed by atoms with Crippen LogP contribution in [0.3, 0.4) is 0 Å². The molecule has 2 spiro atoms. The highest BCUT2D eigenvalue weighted by atomic mass is 16.6. The number of benzene rings is 8. The normalized spacial score (nSPS) is 16.6. The van der Waals surface area contributed by atoms with Crippen molar-refractivity contribution in [2.24, 2.45) is 0 Å². The quantitative estimate of drug-likeness (QED) is 0.0445. The van der Waals surface area contributed by atoms with Crippen LogP contribution in [0.4, 0.5) is 43.7 Å². The fourth-order valence-electron chi connectivity index (χ4n) is 14.2. The lowest BCUT2D eigenvalue weighted by Crippen LogP contribution is -2.34. The van der Waals surface area contributed by atoms with Crippen LogP contribution in [0.1, 0.15) is 190 Å². The highest BCUT2D eigenvalue weighted by Crippen LogP contribution is 2.60. The van der Waals surface area contributed by atoms with Gasteiger partial charge < -0.3 is 38.2 Å². The van der Waals surface area contributed by atoms with Gasteiger partial charge in [-0.25, -0.2) is 29.0 Å². The van der Waals surface area contributed by atoms with Gasteiger partial charge in [0.2, 0.25) is 0 Å². The van der Waals surface area contributed by atoms with Crippen LogP contribution in [0.15, 0.2) is 158 Å². The number of esters is 2. The van der Waals surface area contributed by atoms with Crippen molar-refractivity contribution in [2.45, 2.75) is 144 Å². The summed E-state index contributed by atoms with van der Waals surface area (Å²) in [4.78, 5) is 65.4. The summed E-state index contributed by atoms with van der Waals surface area (Å²) in [5.74, 6) is 1.37. The van der Waals surface area contributed by atoms with Gasteiger partial charge in [0, 0.05) is 88.5 Å². The Kier molecular flexibility index (Phi) is 18.4. The highest BCUT2D eigenvalue weighted by Gasteiger charge is 2.56. The van der Waals surface area contributed by atoms with Crippen LogP contribution in [0.2, 0.25) is 0 Å². The van der Waals surface area contributed by atoms with Gasteiger partial charge in [0.05, 0.1) is 47.1 Å². The molecule has 2 amide bonds. The van der Waals surface area contributed by atoms with E-state index in [1.807, 2.05) is 135 Å². The molecule has 12 rings (SSSR count). The number of ether oxygens (including phenoxy) is 6. The van der Waals surface area contributed by atoms with Crippen molar-refractivity contribution in [1.82, 2.24) is 0 Å². The number of hydrogen-bond donors (Lipinski definition) is 0. The first-order valence-electron chi connectivity index (χ1n) is 33.9. The third-order valence-corrected chi connectivity index (χ3v) is 19.5. The molecular weight excluding hydrogens is 1180 g/mol. The number of anilines is 6. The van der Waals surface area contributed by atoms with E-state index in [0.717, 1.165) is 111 Å². The summed E-state index contributed by atoms with van der Waals surface area (Å²) in [6.45, 7) is 24.5. The zero-order valence-electron chi connectivity index (χ0n) is 56.0.